The fraction of sp³-hybridized carbons (Fsp3) is 0.882. The largest absolute Gasteiger partial charge is 0.490 e. The van der Waals surface area contributed by atoms with Crippen LogP contribution in [0.4, 0.5) is 0 Å². The maximum atomic E-state index is 5.88. The summed E-state index contributed by atoms with van der Waals surface area (Å²) >= 11 is 0. The predicted molar refractivity (Wildman–Crippen MR) is 156 cm³/mol. The maximum absolute atomic E-state index is 5.88. The van der Waals surface area contributed by atoms with Crippen molar-refractivity contribution in [3.05, 3.63) is 18.2 Å². The minimum atomic E-state index is 0.559. The van der Waals surface area contributed by atoms with Crippen LogP contribution >= 0.6 is 0 Å². The van der Waals surface area contributed by atoms with Crippen LogP contribution in [0.3, 0.4) is 0 Å². The SMILES string of the molecule is CCCCCCCOc1cnc(C2CCC(C3CCC(C4CCC(CCCCC)CC4)CC3)CC2)nc1. The summed E-state index contributed by atoms with van der Waals surface area (Å²) in [5, 5.41) is 0. The Hall–Kier alpha value is -1.12. The molecular weight excluding hydrogens is 452 g/mol. The van der Waals surface area contributed by atoms with E-state index < -0.39 is 0 Å². The Balaban J connectivity index is 1.10. The zero-order valence-corrected chi connectivity index (χ0v) is 24.5. The van der Waals surface area contributed by atoms with Gasteiger partial charge < -0.3 is 4.74 Å². The Morgan fingerprint density at radius 3 is 1.65 bits per heavy atom. The van der Waals surface area contributed by atoms with Crippen molar-refractivity contribution in [2.24, 2.45) is 29.6 Å². The van der Waals surface area contributed by atoms with Gasteiger partial charge in [0.15, 0.2) is 5.75 Å². The van der Waals surface area contributed by atoms with E-state index in [0.29, 0.717) is 5.92 Å². The molecule has 0 atom stereocenters. The van der Waals surface area contributed by atoms with Gasteiger partial charge in [-0.25, -0.2) is 9.97 Å². The van der Waals surface area contributed by atoms with Crippen molar-refractivity contribution in [3.8, 4) is 5.75 Å². The Bertz CT molecular complexity index is 710. The predicted octanol–water partition coefficient (Wildman–Crippen LogP) is 10.3. The molecule has 0 aliphatic heterocycles. The van der Waals surface area contributed by atoms with Gasteiger partial charge in [-0.15, -0.1) is 0 Å². The highest BCUT2D eigenvalue weighted by atomic mass is 16.5. The monoisotopic (exact) mass is 510 g/mol. The molecule has 3 heteroatoms. The quantitative estimate of drug-likeness (QED) is 0.233. The highest BCUT2D eigenvalue weighted by molar-refractivity contribution is 5.14. The first-order valence-electron chi connectivity index (χ1n) is 16.7. The van der Waals surface area contributed by atoms with Gasteiger partial charge in [0.1, 0.15) is 5.82 Å². The van der Waals surface area contributed by atoms with Gasteiger partial charge in [-0.3, -0.25) is 0 Å². The second-order valence-corrected chi connectivity index (χ2v) is 13.1. The summed E-state index contributed by atoms with van der Waals surface area (Å²) in [4.78, 5) is 9.44. The maximum Gasteiger partial charge on any atom is 0.155 e. The average molecular weight is 511 g/mol. The summed E-state index contributed by atoms with van der Waals surface area (Å²) in [5.74, 6) is 7.58. The smallest absolute Gasteiger partial charge is 0.155 e. The van der Waals surface area contributed by atoms with E-state index in [-0.39, 0.29) is 0 Å². The van der Waals surface area contributed by atoms with Crippen molar-refractivity contribution >= 4 is 0 Å². The van der Waals surface area contributed by atoms with E-state index in [0.717, 1.165) is 54.2 Å². The van der Waals surface area contributed by atoms with Crippen LogP contribution in [-0.4, -0.2) is 16.6 Å². The van der Waals surface area contributed by atoms with E-state index >= 15 is 0 Å². The molecule has 0 saturated heterocycles. The van der Waals surface area contributed by atoms with E-state index in [4.69, 9.17) is 14.7 Å². The molecule has 37 heavy (non-hydrogen) atoms. The number of rotatable bonds is 14. The first kappa shape index (κ1) is 28.9. The molecule has 210 valence electrons. The summed E-state index contributed by atoms with van der Waals surface area (Å²) in [6, 6.07) is 0. The van der Waals surface area contributed by atoms with Gasteiger partial charge in [-0.2, -0.15) is 0 Å². The summed E-state index contributed by atoms with van der Waals surface area (Å²) in [5.41, 5.74) is 0. The molecular formula is C34H58N2O. The highest BCUT2D eigenvalue weighted by Gasteiger charge is 2.35. The molecule has 1 aromatic heterocycles. The van der Waals surface area contributed by atoms with Gasteiger partial charge >= 0.3 is 0 Å². The van der Waals surface area contributed by atoms with Crippen LogP contribution < -0.4 is 4.74 Å². The van der Waals surface area contributed by atoms with Crippen LogP contribution in [0.2, 0.25) is 0 Å². The molecule has 0 N–H and O–H groups in total. The Morgan fingerprint density at radius 2 is 1.08 bits per heavy atom. The van der Waals surface area contributed by atoms with E-state index in [2.05, 4.69) is 13.8 Å². The molecule has 1 heterocycles. The van der Waals surface area contributed by atoms with Crippen molar-refractivity contribution in [3.63, 3.8) is 0 Å². The van der Waals surface area contributed by atoms with Crippen LogP contribution in [0.15, 0.2) is 12.4 Å². The van der Waals surface area contributed by atoms with Gasteiger partial charge in [0.05, 0.1) is 19.0 Å². The van der Waals surface area contributed by atoms with Crippen LogP contribution in [0, 0.1) is 29.6 Å². The molecule has 0 spiro atoms. The molecule has 3 fully saturated rings. The Kier molecular flexibility index (Phi) is 12.6. The second kappa shape index (κ2) is 16.1. The lowest BCUT2D eigenvalue weighted by molar-refractivity contribution is 0.108. The Morgan fingerprint density at radius 1 is 0.595 bits per heavy atom. The van der Waals surface area contributed by atoms with Gasteiger partial charge in [0.25, 0.3) is 0 Å². The molecule has 3 nitrogen and oxygen atoms in total. The number of nitrogens with zero attached hydrogens (tertiary/aromatic N) is 2. The fourth-order valence-electron chi connectivity index (χ4n) is 8.08. The second-order valence-electron chi connectivity index (χ2n) is 13.1. The molecule has 3 saturated carbocycles. The molecule has 3 aliphatic carbocycles. The number of unbranched alkanes of at least 4 members (excludes halogenated alkanes) is 6. The van der Waals surface area contributed by atoms with Gasteiger partial charge in [-0.1, -0.05) is 78.1 Å². The van der Waals surface area contributed by atoms with E-state index in [1.54, 1.807) is 12.8 Å². The van der Waals surface area contributed by atoms with Crippen molar-refractivity contribution in [1.82, 2.24) is 9.97 Å². The van der Waals surface area contributed by atoms with Crippen LogP contribution in [0.1, 0.15) is 160 Å². The molecule has 3 aliphatic rings. The van der Waals surface area contributed by atoms with E-state index in [9.17, 15) is 0 Å². The van der Waals surface area contributed by atoms with Crippen molar-refractivity contribution < 1.29 is 4.74 Å². The third kappa shape index (κ3) is 9.24. The average Bonchev–Trinajstić information content (AvgIpc) is 2.96. The Labute approximate surface area is 229 Å². The lowest BCUT2D eigenvalue weighted by atomic mass is 9.65. The standard InChI is InChI=1S/C34H58N2O/c1-3-5-7-8-10-24-37-33-25-35-34(36-26-33)32-22-20-31(21-23-32)30-18-16-29(17-19-30)28-14-12-27(13-15-28)11-9-6-4-2/h25-32H,3-24H2,1-2H3. The normalized spacial score (nSPS) is 30.8. The van der Waals surface area contributed by atoms with Gasteiger partial charge in [0.2, 0.25) is 0 Å². The minimum absolute atomic E-state index is 0.559. The van der Waals surface area contributed by atoms with Crippen molar-refractivity contribution in [2.45, 2.75) is 155 Å². The zero-order chi connectivity index (χ0) is 25.7. The van der Waals surface area contributed by atoms with Crippen LogP contribution in [0.5, 0.6) is 5.75 Å². The van der Waals surface area contributed by atoms with Crippen LogP contribution in [-0.2, 0) is 0 Å². The zero-order valence-electron chi connectivity index (χ0n) is 24.5. The molecule has 4 rings (SSSR count). The first-order valence-corrected chi connectivity index (χ1v) is 16.7. The third-order valence-electron chi connectivity index (χ3n) is 10.6. The summed E-state index contributed by atoms with van der Waals surface area (Å²) in [6.07, 6.45) is 33.6. The fourth-order valence-corrected chi connectivity index (χ4v) is 8.08. The third-order valence-corrected chi connectivity index (χ3v) is 10.6. The molecule has 0 amide bonds. The number of aromatic nitrogens is 2. The van der Waals surface area contributed by atoms with E-state index in [1.807, 2.05) is 12.4 Å². The number of hydrogen-bond donors (Lipinski definition) is 0. The number of ether oxygens (including phenoxy) is 1. The summed E-state index contributed by atoms with van der Waals surface area (Å²) < 4.78 is 5.88. The van der Waals surface area contributed by atoms with Gasteiger partial charge in [0, 0.05) is 5.92 Å². The topological polar surface area (TPSA) is 35.0 Å². The summed E-state index contributed by atoms with van der Waals surface area (Å²) in [6.45, 7) is 5.38. The highest BCUT2D eigenvalue weighted by Crippen LogP contribution is 2.47. The molecule has 1 aromatic rings. The lowest BCUT2D eigenvalue weighted by Gasteiger charge is -2.41. The van der Waals surface area contributed by atoms with Crippen molar-refractivity contribution in [1.29, 1.82) is 0 Å². The molecule has 0 radical (unpaired) electrons. The lowest BCUT2D eigenvalue weighted by Crippen LogP contribution is -2.29. The molecule has 0 aromatic carbocycles. The molecule has 0 unspecified atom stereocenters. The van der Waals surface area contributed by atoms with Crippen molar-refractivity contribution in [2.75, 3.05) is 6.61 Å². The molecule has 0 bridgehead atoms. The van der Waals surface area contributed by atoms with Crippen LogP contribution in [0.25, 0.3) is 0 Å². The minimum Gasteiger partial charge on any atom is -0.490 e. The van der Waals surface area contributed by atoms with E-state index in [1.165, 1.54) is 116 Å². The summed E-state index contributed by atoms with van der Waals surface area (Å²) in [7, 11) is 0. The van der Waals surface area contributed by atoms with Gasteiger partial charge in [-0.05, 0) is 100 Å². The number of hydrogen-bond acceptors (Lipinski definition) is 3. The first-order chi connectivity index (χ1) is 18.3.